The van der Waals surface area contributed by atoms with Gasteiger partial charge in [-0.05, 0) is 60.7 Å². The van der Waals surface area contributed by atoms with Gasteiger partial charge in [0.2, 0.25) is 0 Å². The van der Waals surface area contributed by atoms with Crippen LogP contribution in [0.15, 0.2) is 199 Å². The van der Waals surface area contributed by atoms with E-state index in [-0.39, 0.29) is 0 Å². The van der Waals surface area contributed by atoms with Crippen molar-refractivity contribution in [3.8, 4) is 45.3 Å². The summed E-state index contributed by atoms with van der Waals surface area (Å²) >= 11 is 0. The summed E-state index contributed by atoms with van der Waals surface area (Å²) in [4.78, 5) is 10.2. The molecule has 0 amide bonds. The molecule has 5 heteroatoms. The van der Waals surface area contributed by atoms with Crippen LogP contribution in [-0.4, -0.2) is 19.1 Å². The van der Waals surface area contributed by atoms with Crippen molar-refractivity contribution >= 4 is 65.6 Å². The minimum absolute atomic E-state index is 0.672. The Morgan fingerprint density at radius 2 is 0.860 bits per heavy atom. The number of furan rings is 1. The van der Waals surface area contributed by atoms with Crippen LogP contribution in [0.2, 0.25) is 0 Å². The monoisotopic (exact) mass is 728 g/mol. The van der Waals surface area contributed by atoms with E-state index in [0.717, 1.165) is 72.4 Å². The molecule has 4 aromatic heterocycles. The third-order valence-electron chi connectivity index (χ3n) is 11.3. The number of rotatable bonds is 5. The fraction of sp³-hybridized carbons (Fsp3) is 0. The molecule has 0 fully saturated rings. The molecule has 4 heterocycles. The first-order chi connectivity index (χ1) is 28.3. The number of aromatic nitrogens is 4. The van der Waals surface area contributed by atoms with Crippen LogP contribution in [0.25, 0.3) is 111 Å². The van der Waals surface area contributed by atoms with E-state index >= 15 is 0 Å². The zero-order chi connectivity index (χ0) is 37.5. The second-order valence-corrected chi connectivity index (χ2v) is 14.6. The van der Waals surface area contributed by atoms with Gasteiger partial charge in [0.15, 0.2) is 5.82 Å². The van der Waals surface area contributed by atoms with Gasteiger partial charge in [-0.15, -0.1) is 0 Å². The molecule has 0 unspecified atom stereocenters. The fourth-order valence-electron chi connectivity index (χ4n) is 8.75. The summed E-state index contributed by atoms with van der Waals surface area (Å²) in [6.45, 7) is 0. The molecule has 12 rings (SSSR count). The fourth-order valence-corrected chi connectivity index (χ4v) is 8.75. The van der Waals surface area contributed by atoms with Crippen LogP contribution >= 0.6 is 0 Å². The van der Waals surface area contributed by atoms with Crippen molar-refractivity contribution < 1.29 is 4.42 Å². The van der Waals surface area contributed by atoms with Gasteiger partial charge in [0.1, 0.15) is 11.2 Å². The molecule has 0 atom stereocenters. The maximum Gasteiger partial charge on any atom is 0.160 e. The Bertz CT molecular complexity index is 3450. The van der Waals surface area contributed by atoms with Crippen LogP contribution in [0.4, 0.5) is 0 Å². The molecule has 0 aliphatic carbocycles. The molecule has 0 bridgehead atoms. The summed E-state index contributed by atoms with van der Waals surface area (Å²) in [6.07, 6.45) is 0. The standard InChI is InChI=1S/C52H32N4O/c1-4-14-33(15-5-1)44-32-45(34-16-6-2-7-17-34)54-52(53-44)35-24-29-48-43(30-35)40-26-25-37(31-49(40)57-48)56-47-23-13-11-21-39(47)42-28-27-41-38-20-10-12-22-46(38)55(50(41)51(42)56)36-18-8-3-9-19-36/h1-32H. The van der Waals surface area contributed by atoms with Crippen molar-refractivity contribution in [2.45, 2.75) is 0 Å². The summed E-state index contributed by atoms with van der Waals surface area (Å²) in [5, 5.41) is 6.94. The molecule has 8 aromatic carbocycles. The normalized spacial score (nSPS) is 11.9. The van der Waals surface area contributed by atoms with Gasteiger partial charge in [0.05, 0.1) is 39.1 Å². The second kappa shape index (κ2) is 12.4. The van der Waals surface area contributed by atoms with E-state index in [4.69, 9.17) is 14.4 Å². The van der Waals surface area contributed by atoms with Crippen LogP contribution in [0.5, 0.6) is 0 Å². The lowest BCUT2D eigenvalue weighted by molar-refractivity contribution is 0.668. The number of hydrogen-bond acceptors (Lipinski definition) is 3. The van der Waals surface area contributed by atoms with Crippen LogP contribution < -0.4 is 0 Å². The van der Waals surface area contributed by atoms with Crippen LogP contribution in [0.1, 0.15) is 0 Å². The molecular formula is C52H32N4O. The molecule has 0 N–H and O–H groups in total. The van der Waals surface area contributed by atoms with E-state index in [1.165, 1.54) is 32.6 Å². The van der Waals surface area contributed by atoms with Gasteiger partial charge in [-0.2, -0.15) is 0 Å². The van der Waals surface area contributed by atoms with Crippen molar-refractivity contribution in [1.82, 2.24) is 19.1 Å². The van der Waals surface area contributed by atoms with Gasteiger partial charge < -0.3 is 13.6 Å². The van der Waals surface area contributed by atoms with Gasteiger partial charge in [-0.1, -0.05) is 127 Å². The number of hydrogen-bond donors (Lipinski definition) is 0. The maximum atomic E-state index is 6.66. The molecule has 266 valence electrons. The Labute approximate surface area is 327 Å². The second-order valence-electron chi connectivity index (χ2n) is 14.6. The number of benzene rings is 8. The molecule has 0 aliphatic heterocycles. The number of fused-ring (bicyclic) bond motifs is 10. The quantitative estimate of drug-likeness (QED) is 0.177. The minimum Gasteiger partial charge on any atom is -0.456 e. The third-order valence-corrected chi connectivity index (χ3v) is 11.3. The Hall–Kier alpha value is -7.76. The van der Waals surface area contributed by atoms with E-state index in [0.29, 0.717) is 5.82 Å². The zero-order valence-electron chi connectivity index (χ0n) is 30.7. The predicted molar refractivity (Wildman–Crippen MR) is 234 cm³/mol. The first-order valence-corrected chi connectivity index (χ1v) is 19.2. The van der Waals surface area contributed by atoms with Gasteiger partial charge in [0.25, 0.3) is 0 Å². The molecule has 5 nitrogen and oxygen atoms in total. The van der Waals surface area contributed by atoms with E-state index in [9.17, 15) is 0 Å². The van der Waals surface area contributed by atoms with Gasteiger partial charge in [-0.25, -0.2) is 9.97 Å². The molecule has 0 radical (unpaired) electrons. The molecule has 12 aromatic rings. The molecule has 57 heavy (non-hydrogen) atoms. The van der Waals surface area contributed by atoms with Gasteiger partial charge in [0, 0.05) is 60.8 Å². The Morgan fingerprint density at radius 3 is 1.47 bits per heavy atom. The van der Waals surface area contributed by atoms with Crippen molar-refractivity contribution in [3.63, 3.8) is 0 Å². The highest BCUT2D eigenvalue weighted by Crippen LogP contribution is 2.42. The largest absolute Gasteiger partial charge is 0.456 e. The van der Waals surface area contributed by atoms with Crippen molar-refractivity contribution in [2.75, 3.05) is 0 Å². The van der Waals surface area contributed by atoms with Crippen molar-refractivity contribution in [1.29, 1.82) is 0 Å². The Balaban J connectivity index is 1.07. The Morgan fingerprint density at radius 1 is 0.333 bits per heavy atom. The minimum atomic E-state index is 0.672. The first kappa shape index (κ1) is 31.6. The lowest BCUT2D eigenvalue weighted by Gasteiger charge is -2.12. The van der Waals surface area contributed by atoms with Crippen LogP contribution in [0, 0.1) is 0 Å². The number of nitrogens with zero attached hydrogens (tertiary/aromatic N) is 4. The lowest BCUT2D eigenvalue weighted by Crippen LogP contribution is -1.98. The lowest BCUT2D eigenvalue weighted by atomic mass is 10.1. The molecule has 0 aliphatic rings. The topological polar surface area (TPSA) is 48.8 Å². The van der Waals surface area contributed by atoms with Crippen molar-refractivity contribution in [2.24, 2.45) is 0 Å². The zero-order valence-corrected chi connectivity index (χ0v) is 30.7. The summed E-state index contributed by atoms with van der Waals surface area (Å²) in [5.41, 5.74) is 13.3. The van der Waals surface area contributed by atoms with Gasteiger partial charge >= 0.3 is 0 Å². The average molecular weight is 729 g/mol. The van der Waals surface area contributed by atoms with Crippen LogP contribution in [-0.2, 0) is 0 Å². The molecule has 0 saturated carbocycles. The van der Waals surface area contributed by atoms with E-state index < -0.39 is 0 Å². The molecule has 0 saturated heterocycles. The summed E-state index contributed by atoms with van der Waals surface area (Å²) < 4.78 is 11.5. The summed E-state index contributed by atoms with van der Waals surface area (Å²) in [7, 11) is 0. The highest BCUT2D eigenvalue weighted by molar-refractivity contribution is 6.24. The summed E-state index contributed by atoms with van der Waals surface area (Å²) in [6, 6.07) is 68.3. The average Bonchev–Trinajstić information content (AvgIpc) is 3.94. The van der Waals surface area contributed by atoms with Gasteiger partial charge in [-0.3, -0.25) is 0 Å². The van der Waals surface area contributed by atoms with E-state index in [1.54, 1.807) is 0 Å². The van der Waals surface area contributed by atoms with E-state index in [1.807, 2.05) is 42.5 Å². The molecule has 0 spiro atoms. The van der Waals surface area contributed by atoms with Crippen LogP contribution in [0.3, 0.4) is 0 Å². The number of para-hydroxylation sites is 3. The SMILES string of the molecule is c1ccc(-c2cc(-c3ccccc3)nc(-c3ccc4oc5cc(-n6c7ccccc7c7ccc8c9ccccc9n(-c9ccccc9)c8c76)ccc5c4c3)n2)cc1. The summed E-state index contributed by atoms with van der Waals surface area (Å²) in [5.74, 6) is 0.672. The predicted octanol–water partition coefficient (Wildman–Crippen LogP) is 13.6. The van der Waals surface area contributed by atoms with Crippen molar-refractivity contribution in [3.05, 3.63) is 194 Å². The van der Waals surface area contributed by atoms with E-state index in [2.05, 4.69) is 161 Å². The molecular weight excluding hydrogens is 697 g/mol. The smallest absolute Gasteiger partial charge is 0.160 e. The highest BCUT2D eigenvalue weighted by atomic mass is 16.3. The third kappa shape index (κ3) is 4.89. The first-order valence-electron chi connectivity index (χ1n) is 19.2. The highest BCUT2D eigenvalue weighted by Gasteiger charge is 2.22. The Kier molecular flexibility index (Phi) is 6.86. The maximum absolute atomic E-state index is 6.66.